The topological polar surface area (TPSA) is 105 Å². The fourth-order valence-electron chi connectivity index (χ4n) is 4.94. The second-order valence-corrected chi connectivity index (χ2v) is 9.12. The molecule has 36 heavy (non-hydrogen) atoms. The molecule has 1 aliphatic heterocycles. The molecule has 0 saturated heterocycles. The Bertz CT molecular complexity index is 1040. The second-order valence-electron chi connectivity index (χ2n) is 9.12. The third-order valence-electron chi connectivity index (χ3n) is 7.13. The van der Waals surface area contributed by atoms with Gasteiger partial charge in [0.15, 0.2) is 23.0 Å². The van der Waals surface area contributed by atoms with Gasteiger partial charge in [0.1, 0.15) is 0 Å². The largest absolute Gasteiger partial charge is 0.493 e. The van der Waals surface area contributed by atoms with Crippen LogP contribution in [0.1, 0.15) is 51.5 Å². The lowest BCUT2D eigenvalue weighted by molar-refractivity contribution is 0.0349. The highest BCUT2D eigenvalue weighted by atomic mass is 16.7. The fourth-order valence-corrected chi connectivity index (χ4v) is 4.94. The lowest BCUT2D eigenvalue weighted by Gasteiger charge is -2.35. The normalized spacial score (nSPS) is 15.9. The highest BCUT2D eigenvalue weighted by Crippen LogP contribution is 2.53. The van der Waals surface area contributed by atoms with E-state index >= 15 is 0 Å². The van der Waals surface area contributed by atoms with Crippen LogP contribution in [0.25, 0.3) is 0 Å². The number of nitrogens with two attached hydrogens (primary N) is 1. The van der Waals surface area contributed by atoms with E-state index in [0.29, 0.717) is 42.3 Å². The van der Waals surface area contributed by atoms with E-state index in [1.165, 1.54) is 0 Å². The summed E-state index contributed by atoms with van der Waals surface area (Å²) in [6.45, 7) is 4.17. The molecule has 0 bridgehead atoms. The maximum Gasteiger partial charge on any atom is 0.243 e. The van der Waals surface area contributed by atoms with E-state index in [-0.39, 0.29) is 12.0 Å². The number of methoxy groups -OCH3 is 4. The van der Waals surface area contributed by atoms with Gasteiger partial charge in [0.05, 0.1) is 39.9 Å². The number of nitriles is 1. The molecule has 0 radical (unpaired) electrons. The van der Waals surface area contributed by atoms with Crippen molar-refractivity contribution in [2.45, 2.75) is 63.7 Å². The van der Waals surface area contributed by atoms with E-state index in [1.54, 1.807) is 28.4 Å². The van der Waals surface area contributed by atoms with Crippen molar-refractivity contribution in [3.05, 3.63) is 35.9 Å². The Morgan fingerprint density at radius 3 is 2.11 bits per heavy atom. The SMILES string of the molecule is CCC(C)C(C#N)(CCCC(N)CC1Oc2ccccc2O1)c1cc(OC)c(OC)c(OC)c1OC. The van der Waals surface area contributed by atoms with Gasteiger partial charge >= 0.3 is 0 Å². The molecule has 0 fully saturated rings. The molecule has 3 atom stereocenters. The first-order valence-corrected chi connectivity index (χ1v) is 12.4. The van der Waals surface area contributed by atoms with Crippen LogP contribution in [0, 0.1) is 17.2 Å². The van der Waals surface area contributed by atoms with Crippen LogP contribution in [0.4, 0.5) is 0 Å². The standard InChI is InChI=1S/C28H38N2O6/c1-7-18(2)28(17-29,20-16-23(31-3)26(33-5)27(34-6)25(20)32-4)14-10-11-19(30)15-24-35-21-12-8-9-13-22(21)36-24/h8-9,12-13,16,18-19,24H,7,10-11,14-15,30H2,1-6H3. The Morgan fingerprint density at radius 1 is 1.00 bits per heavy atom. The monoisotopic (exact) mass is 498 g/mol. The Kier molecular flexibility index (Phi) is 9.16. The van der Waals surface area contributed by atoms with Crippen LogP contribution >= 0.6 is 0 Å². The molecule has 0 aromatic heterocycles. The summed E-state index contributed by atoms with van der Waals surface area (Å²) in [5.74, 6) is 3.31. The van der Waals surface area contributed by atoms with Crippen molar-refractivity contribution in [2.75, 3.05) is 28.4 Å². The molecule has 2 N–H and O–H groups in total. The minimum atomic E-state index is -0.844. The van der Waals surface area contributed by atoms with Gasteiger partial charge in [-0.2, -0.15) is 5.26 Å². The third kappa shape index (κ3) is 5.26. The average Bonchev–Trinajstić information content (AvgIpc) is 3.31. The zero-order valence-electron chi connectivity index (χ0n) is 22.1. The van der Waals surface area contributed by atoms with Gasteiger partial charge in [0.25, 0.3) is 0 Å². The number of ether oxygens (including phenoxy) is 6. The number of hydrogen-bond acceptors (Lipinski definition) is 8. The van der Waals surface area contributed by atoms with Gasteiger partial charge in [-0.05, 0) is 43.4 Å². The molecule has 8 nitrogen and oxygen atoms in total. The van der Waals surface area contributed by atoms with Crippen molar-refractivity contribution in [2.24, 2.45) is 11.7 Å². The lowest BCUT2D eigenvalue weighted by Crippen LogP contribution is -2.34. The van der Waals surface area contributed by atoms with Gasteiger partial charge in [0, 0.05) is 18.0 Å². The van der Waals surface area contributed by atoms with E-state index in [4.69, 9.17) is 34.2 Å². The average molecular weight is 499 g/mol. The van der Waals surface area contributed by atoms with E-state index < -0.39 is 11.7 Å². The maximum atomic E-state index is 10.6. The summed E-state index contributed by atoms with van der Waals surface area (Å²) in [6, 6.07) is 11.9. The fraction of sp³-hybridized carbons (Fsp3) is 0.536. The molecule has 3 unspecified atom stereocenters. The smallest absolute Gasteiger partial charge is 0.243 e. The molecule has 2 aromatic rings. The summed E-state index contributed by atoms with van der Waals surface area (Å²) in [5, 5.41) is 10.6. The van der Waals surface area contributed by atoms with Crippen molar-refractivity contribution in [3.63, 3.8) is 0 Å². The molecule has 1 heterocycles. The van der Waals surface area contributed by atoms with Crippen molar-refractivity contribution in [1.29, 1.82) is 5.26 Å². The maximum absolute atomic E-state index is 10.6. The van der Waals surface area contributed by atoms with Crippen LogP contribution in [0.2, 0.25) is 0 Å². The molecular formula is C28H38N2O6. The highest BCUT2D eigenvalue weighted by molar-refractivity contribution is 5.65. The number of benzene rings is 2. The molecule has 1 aliphatic rings. The molecule has 196 valence electrons. The molecule has 8 heteroatoms. The van der Waals surface area contributed by atoms with Gasteiger partial charge in [-0.3, -0.25) is 0 Å². The van der Waals surface area contributed by atoms with Crippen LogP contribution < -0.4 is 34.2 Å². The highest BCUT2D eigenvalue weighted by Gasteiger charge is 2.42. The summed E-state index contributed by atoms with van der Waals surface area (Å²) in [5.41, 5.74) is 6.35. The predicted octanol–water partition coefficient (Wildman–Crippen LogP) is 5.21. The van der Waals surface area contributed by atoms with Crippen molar-refractivity contribution >= 4 is 0 Å². The van der Waals surface area contributed by atoms with E-state index in [1.807, 2.05) is 30.3 Å². The number of para-hydroxylation sites is 2. The van der Waals surface area contributed by atoms with Gasteiger partial charge in [-0.1, -0.05) is 32.4 Å². The minimum Gasteiger partial charge on any atom is -0.493 e. The van der Waals surface area contributed by atoms with E-state index in [2.05, 4.69) is 19.9 Å². The lowest BCUT2D eigenvalue weighted by atomic mass is 9.67. The zero-order valence-corrected chi connectivity index (χ0v) is 22.1. The first-order chi connectivity index (χ1) is 17.4. The first-order valence-electron chi connectivity index (χ1n) is 12.4. The molecular weight excluding hydrogens is 460 g/mol. The molecule has 2 aromatic carbocycles. The van der Waals surface area contributed by atoms with Gasteiger partial charge < -0.3 is 34.2 Å². The second kappa shape index (κ2) is 12.1. The summed E-state index contributed by atoms with van der Waals surface area (Å²) in [6.07, 6.45) is 3.01. The first kappa shape index (κ1) is 27.3. The van der Waals surface area contributed by atoms with Crippen LogP contribution in [0.15, 0.2) is 30.3 Å². The van der Waals surface area contributed by atoms with Crippen LogP contribution in [-0.2, 0) is 5.41 Å². The summed E-state index contributed by atoms with van der Waals surface area (Å²) >= 11 is 0. The summed E-state index contributed by atoms with van der Waals surface area (Å²) in [7, 11) is 6.23. The Labute approximate surface area is 214 Å². The van der Waals surface area contributed by atoms with Crippen molar-refractivity contribution in [1.82, 2.24) is 0 Å². The molecule has 0 saturated carbocycles. The zero-order chi connectivity index (χ0) is 26.3. The Hall–Kier alpha value is -3.31. The van der Waals surface area contributed by atoms with Crippen LogP contribution in [-0.4, -0.2) is 40.8 Å². The number of hydrogen-bond donors (Lipinski definition) is 1. The quantitative estimate of drug-likeness (QED) is 0.401. The number of fused-ring (bicyclic) bond motifs is 1. The Balaban J connectivity index is 1.82. The van der Waals surface area contributed by atoms with Crippen molar-refractivity contribution < 1.29 is 28.4 Å². The Morgan fingerprint density at radius 2 is 1.61 bits per heavy atom. The van der Waals surface area contributed by atoms with Crippen LogP contribution in [0.3, 0.4) is 0 Å². The summed E-state index contributed by atoms with van der Waals surface area (Å²) in [4.78, 5) is 0. The number of rotatable bonds is 13. The molecule has 0 spiro atoms. The minimum absolute atomic E-state index is 0.0337. The van der Waals surface area contributed by atoms with Crippen molar-refractivity contribution in [3.8, 4) is 40.6 Å². The molecule has 0 aliphatic carbocycles. The molecule has 0 amide bonds. The number of nitrogens with zero attached hydrogens (tertiary/aromatic N) is 1. The third-order valence-corrected chi connectivity index (χ3v) is 7.13. The molecule has 3 rings (SSSR count). The van der Waals surface area contributed by atoms with E-state index in [0.717, 1.165) is 29.9 Å². The van der Waals surface area contributed by atoms with Gasteiger partial charge in [-0.15, -0.1) is 0 Å². The van der Waals surface area contributed by atoms with Gasteiger partial charge in [0.2, 0.25) is 17.8 Å². The van der Waals surface area contributed by atoms with Crippen LogP contribution in [0.5, 0.6) is 34.5 Å². The summed E-state index contributed by atoms with van der Waals surface area (Å²) < 4.78 is 34.3. The van der Waals surface area contributed by atoms with Gasteiger partial charge in [-0.25, -0.2) is 0 Å². The van der Waals surface area contributed by atoms with E-state index in [9.17, 15) is 5.26 Å². The predicted molar refractivity (Wildman–Crippen MR) is 137 cm³/mol.